The molecule has 1 unspecified atom stereocenters. The largest absolute Gasteiger partial charge is 0.0881 e. The number of hydrogen-bond acceptors (Lipinski definition) is 0. The van der Waals surface area contributed by atoms with Crippen LogP contribution in [0.25, 0.3) is 0 Å². The third kappa shape index (κ3) is 0.810. The van der Waals surface area contributed by atoms with Gasteiger partial charge in [0.15, 0.2) is 0 Å². The van der Waals surface area contributed by atoms with E-state index in [1.54, 1.807) is 5.57 Å². The molecule has 0 saturated heterocycles. The molecule has 50 valence electrons. The smallest absolute Gasteiger partial charge is 0.0137 e. The quantitative estimate of drug-likeness (QED) is 0.469. The minimum absolute atomic E-state index is 1.05. The van der Waals surface area contributed by atoms with Crippen LogP contribution in [-0.4, -0.2) is 0 Å². The Bertz CT molecular complexity index is 140. The van der Waals surface area contributed by atoms with Crippen LogP contribution in [0, 0.1) is 11.8 Å². The van der Waals surface area contributed by atoms with Gasteiger partial charge in [0, 0.05) is 0 Å². The Hall–Kier alpha value is -0.260. The zero-order valence-corrected chi connectivity index (χ0v) is 6.06. The minimum Gasteiger partial charge on any atom is -0.0881 e. The molecule has 9 heavy (non-hydrogen) atoms. The molecule has 0 N–H and O–H groups in total. The summed E-state index contributed by atoms with van der Waals surface area (Å²) in [6.07, 6.45) is 8.27. The minimum atomic E-state index is 1.05. The molecular formula is C9H14. The zero-order valence-electron chi connectivity index (χ0n) is 6.06. The van der Waals surface area contributed by atoms with Crippen molar-refractivity contribution in [1.29, 1.82) is 0 Å². The van der Waals surface area contributed by atoms with Crippen LogP contribution in [0.3, 0.4) is 0 Å². The summed E-state index contributed by atoms with van der Waals surface area (Å²) in [6.45, 7) is 2.17. The highest BCUT2D eigenvalue weighted by atomic mass is 14.4. The molecule has 0 radical (unpaired) electrons. The fraction of sp³-hybridized carbons (Fsp3) is 0.778. The molecule has 0 aromatic carbocycles. The van der Waals surface area contributed by atoms with Crippen LogP contribution >= 0.6 is 0 Å². The number of rotatable bonds is 1. The van der Waals surface area contributed by atoms with E-state index in [1.165, 1.54) is 25.7 Å². The van der Waals surface area contributed by atoms with Gasteiger partial charge in [0.25, 0.3) is 0 Å². The van der Waals surface area contributed by atoms with Gasteiger partial charge in [0.05, 0.1) is 0 Å². The van der Waals surface area contributed by atoms with Crippen molar-refractivity contribution in [1.82, 2.24) is 0 Å². The Balaban J connectivity index is 1.89. The van der Waals surface area contributed by atoms with Crippen molar-refractivity contribution in [3.05, 3.63) is 11.6 Å². The van der Waals surface area contributed by atoms with Crippen molar-refractivity contribution in [3.63, 3.8) is 0 Å². The molecule has 2 saturated carbocycles. The lowest BCUT2D eigenvalue weighted by atomic mass is 9.81. The molecule has 0 aliphatic heterocycles. The molecule has 2 rings (SSSR count). The van der Waals surface area contributed by atoms with Gasteiger partial charge >= 0.3 is 0 Å². The van der Waals surface area contributed by atoms with Crippen molar-refractivity contribution in [2.45, 2.75) is 32.6 Å². The highest BCUT2D eigenvalue weighted by Gasteiger charge is 2.38. The summed E-state index contributed by atoms with van der Waals surface area (Å²) in [5.74, 6) is 2.15. The molecule has 0 bridgehead atoms. The third-order valence-electron chi connectivity index (χ3n) is 2.86. The lowest BCUT2D eigenvalue weighted by Gasteiger charge is -2.24. The molecule has 0 heteroatoms. The van der Waals surface area contributed by atoms with E-state index in [-0.39, 0.29) is 0 Å². The molecule has 0 spiro atoms. The van der Waals surface area contributed by atoms with E-state index >= 15 is 0 Å². The summed E-state index contributed by atoms with van der Waals surface area (Å²) in [5, 5.41) is 0. The first kappa shape index (κ1) is 5.52. The highest BCUT2D eigenvalue weighted by Crippen LogP contribution is 2.50. The van der Waals surface area contributed by atoms with Crippen LogP contribution in [-0.2, 0) is 0 Å². The van der Waals surface area contributed by atoms with Gasteiger partial charge < -0.3 is 0 Å². The fourth-order valence-electron chi connectivity index (χ4n) is 1.84. The van der Waals surface area contributed by atoms with Crippen LogP contribution < -0.4 is 0 Å². The lowest BCUT2D eigenvalue weighted by molar-refractivity contribution is 0.285. The van der Waals surface area contributed by atoms with Gasteiger partial charge in [0.1, 0.15) is 0 Å². The Labute approximate surface area is 57.0 Å². The maximum atomic E-state index is 2.31. The Morgan fingerprint density at radius 2 is 2.22 bits per heavy atom. The average molecular weight is 122 g/mol. The standard InChI is InChI=1S/C9H14/c1-2-7-6-9(7)8-4-3-5-8/h2,8-9H,3-6H2,1H3. The third-order valence-corrected chi connectivity index (χ3v) is 2.86. The molecule has 2 aliphatic rings. The Morgan fingerprint density at radius 3 is 2.56 bits per heavy atom. The second-order valence-electron chi connectivity index (χ2n) is 3.37. The second kappa shape index (κ2) is 1.86. The Kier molecular flexibility index (Phi) is 1.14. The SMILES string of the molecule is CC=C1CC1C1CCC1. The van der Waals surface area contributed by atoms with Crippen molar-refractivity contribution < 1.29 is 0 Å². The van der Waals surface area contributed by atoms with Crippen molar-refractivity contribution in [2.24, 2.45) is 11.8 Å². The normalized spacial score (nSPS) is 38.8. The van der Waals surface area contributed by atoms with Crippen LogP contribution in [0.2, 0.25) is 0 Å². The average Bonchev–Trinajstić information content (AvgIpc) is 2.42. The fourth-order valence-corrected chi connectivity index (χ4v) is 1.84. The molecule has 2 aliphatic carbocycles. The van der Waals surface area contributed by atoms with Crippen molar-refractivity contribution >= 4 is 0 Å². The second-order valence-corrected chi connectivity index (χ2v) is 3.37. The van der Waals surface area contributed by atoms with E-state index < -0.39 is 0 Å². The first-order valence-electron chi connectivity index (χ1n) is 4.07. The lowest BCUT2D eigenvalue weighted by Crippen LogP contribution is -2.12. The first-order chi connectivity index (χ1) is 4.42. The van der Waals surface area contributed by atoms with Crippen LogP contribution in [0.1, 0.15) is 32.6 Å². The molecule has 2 fully saturated rings. The number of hydrogen-bond donors (Lipinski definition) is 0. The molecule has 0 amide bonds. The van der Waals surface area contributed by atoms with E-state index in [0.717, 1.165) is 11.8 Å². The van der Waals surface area contributed by atoms with Gasteiger partial charge in [-0.15, -0.1) is 0 Å². The van der Waals surface area contributed by atoms with Gasteiger partial charge in [-0.1, -0.05) is 18.1 Å². The van der Waals surface area contributed by atoms with E-state index in [0.29, 0.717) is 0 Å². The van der Waals surface area contributed by atoms with Crippen molar-refractivity contribution in [2.75, 3.05) is 0 Å². The summed E-state index contributed by atoms with van der Waals surface area (Å²) < 4.78 is 0. The van der Waals surface area contributed by atoms with Crippen LogP contribution in [0.5, 0.6) is 0 Å². The predicted octanol–water partition coefficient (Wildman–Crippen LogP) is 2.75. The van der Waals surface area contributed by atoms with E-state index in [2.05, 4.69) is 13.0 Å². The first-order valence-corrected chi connectivity index (χ1v) is 4.07. The highest BCUT2D eigenvalue weighted by molar-refractivity contribution is 5.24. The molecule has 0 aromatic rings. The molecule has 0 heterocycles. The number of allylic oxidation sites excluding steroid dienone is 2. The Morgan fingerprint density at radius 1 is 1.44 bits per heavy atom. The monoisotopic (exact) mass is 122 g/mol. The molecule has 1 atom stereocenters. The van der Waals surface area contributed by atoms with Gasteiger partial charge in [-0.05, 0) is 38.0 Å². The van der Waals surface area contributed by atoms with E-state index in [9.17, 15) is 0 Å². The van der Waals surface area contributed by atoms with Gasteiger partial charge in [-0.3, -0.25) is 0 Å². The van der Waals surface area contributed by atoms with Gasteiger partial charge in [0.2, 0.25) is 0 Å². The predicted molar refractivity (Wildman–Crippen MR) is 39.2 cm³/mol. The van der Waals surface area contributed by atoms with Crippen LogP contribution in [0.15, 0.2) is 11.6 Å². The van der Waals surface area contributed by atoms with E-state index in [1.807, 2.05) is 0 Å². The summed E-state index contributed by atoms with van der Waals surface area (Å²) in [5.41, 5.74) is 1.74. The maximum Gasteiger partial charge on any atom is -0.0137 e. The molecular weight excluding hydrogens is 108 g/mol. The van der Waals surface area contributed by atoms with E-state index in [4.69, 9.17) is 0 Å². The molecule has 0 nitrogen and oxygen atoms in total. The maximum absolute atomic E-state index is 2.31. The van der Waals surface area contributed by atoms with Gasteiger partial charge in [-0.2, -0.15) is 0 Å². The van der Waals surface area contributed by atoms with Crippen LogP contribution in [0.4, 0.5) is 0 Å². The van der Waals surface area contributed by atoms with Crippen molar-refractivity contribution in [3.8, 4) is 0 Å². The summed E-state index contributed by atoms with van der Waals surface area (Å²) in [4.78, 5) is 0. The zero-order chi connectivity index (χ0) is 6.27. The molecule has 0 aromatic heterocycles. The summed E-state index contributed by atoms with van der Waals surface area (Å²) >= 11 is 0. The summed E-state index contributed by atoms with van der Waals surface area (Å²) in [7, 11) is 0. The topological polar surface area (TPSA) is 0 Å². The van der Waals surface area contributed by atoms with Gasteiger partial charge in [-0.25, -0.2) is 0 Å². The summed E-state index contributed by atoms with van der Waals surface area (Å²) in [6, 6.07) is 0.